The maximum absolute atomic E-state index is 12.4. The van der Waals surface area contributed by atoms with Crippen LogP contribution < -0.4 is 10.1 Å². The molecule has 0 spiro atoms. The summed E-state index contributed by atoms with van der Waals surface area (Å²) < 4.78 is 46.8. The minimum Gasteiger partial charge on any atom is -0.405 e. The monoisotopic (exact) mass is 275 g/mol. The van der Waals surface area contributed by atoms with Crippen LogP contribution in [-0.4, -0.2) is 26.1 Å². The normalized spacial score (nSPS) is 21.4. The molecule has 19 heavy (non-hydrogen) atoms. The molecule has 1 aromatic carbocycles. The van der Waals surface area contributed by atoms with Crippen molar-refractivity contribution in [3.05, 3.63) is 29.8 Å². The number of benzene rings is 1. The lowest BCUT2D eigenvalue weighted by Gasteiger charge is -2.25. The van der Waals surface area contributed by atoms with E-state index in [2.05, 4.69) is 10.1 Å². The first-order chi connectivity index (χ1) is 9.01. The van der Waals surface area contributed by atoms with Gasteiger partial charge in [0.25, 0.3) is 0 Å². The van der Waals surface area contributed by atoms with Gasteiger partial charge in [-0.2, -0.15) is 0 Å². The Morgan fingerprint density at radius 1 is 1.37 bits per heavy atom. The van der Waals surface area contributed by atoms with Gasteiger partial charge in [-0.25, -0.2) is 0 Å². The lowest BCUT2D eigenvalue weighted by molar-refractivity contribution is -0.275. The van der Waals surface area contributed by atoms with Gasteiger partial charge in [0.2, 0.25) is 0 Å². The van der Waals surface area contributed by atoms with E-state index < -0.39 is 6.36 Å². The Bertz CT molecular complexity index is 417. The number of rotatable bonds is 4. The van der Waals surface area contributed by atoms with Crippen molar-refractivity contribution in [3.8, 4) is 5.75 Å². The molecule has 0 saturated carbocycles. The third-order valence-corrected chi connectivity index (χ3v) is 3.13. The van der Waals surface area contributed by atoms with Crippen molar-refractivity contribution in [1.29, 1.82) is 0 Å². The molecule has 2 unspecified atom stereocenters. The van der Waals surface area contributed by atoms with Gasteiger partial charge in [0.05, 0.1) is 12.1 Å². The topological polar surface area (TPSA) is 30.5 Å². The van der Waals surface area contributed by atoms with Gasteiger partial charge in [0.15, 0.2) is 0 Å². The molecule has 0 aromatic heterocycles. The first-order valence-corrected chi connectivity index (χ1v) is 6.15. The molecule has 1 aliphatic heterocycles. The van der Waals surface area contributed by atoms with E-state index in [0.717, 1.165) is 12.8 Å². The fraction of sp³-hybridized carbons (Fsp3) is 0.538. The Morgan fingerprint density at radius 2 is 2.11 bits per heavy atom. The Balaban J connectivity index is 2.26. The second-order valence-electron chi connectivity index (χ2n) is 4.40. The van der Waals surface area contributed by atoms with Crippen molar-refractivity contribution in [2.24, 2.45) is 0 Å². The molecule has 6 heteroatoms. The molecule has 1 aromatic rings. The fourth-order valence-corrected chi connectivity index (χ4v) is 2.36. The summed E-state index contributed by atoms with van der Waals surface area (Å²) in [6, 6.07) is 5.86. The first-order valence-electron chi connectivity index (χ1n) is 6.15. The third-order valence-electron chi connectivity index (χ3n) is 3.13. The van der Waals surface area contributed by atoms with Crippen LogP contribution in [0.4, 0.5) is 13.2 Å². The summed E-state index contributed by atoms with van der Waals surface area (Å²) in [5.41, 5.74) is 0.467. The molecule has 1 N–H and O–H groups in total. The highest BCUT2D eigenvalue weighted by molar-refractivity contribution is 5.37. The van der Waals surface area contributed by atoms with E-state index in [4.69, 9.17) is 4.74 Å². The molecule has 1 heterocycles. The highest BCUT2D eigenvalue weighted by Gasteiger charge is 2.34. The molecular weight excluding hydrogens is 259 g/mol. The standard InChI is InChI=1S/C13H16F3NO2/c1-17-12(11-7-4-8-18-11)9-5-2-3-6-10(9)19-13(14,15)16/h2-3,5-6,11-12,17H,4,7-8H2,1H3. The number of hydrogen-bond donors (Lipinski definition) is 1. The lowest BCUT2D eigenvalue weighted by atomic mass is 9.98. The third kappa shape index (κ3) is 3.61. The van der Waals surface area contributed by atoms with E-state index in [0.29, 0.717) is 12.2 Å². The van der Waals surface area contributed by atoms with Crippen LogP contribution in [0.5, 0.6) is 5.75 Å². The minimum absolute atomic E-state index is 0.122. The van der Waals surface area contributed by atoms with Crippen molar-refractivity contribution in [2.75, 3.05) is 13.7 Å². The highest BCUT2D eigenvalue weighted by Crippen LogP contribution is 2.34. The van der Waals surface area contributed by atoms with Crippen molar-refractivity contribution < 1.29 is 22.6 Å². The molecule has 0 radical (unpaired) electrons. The summed E-state index contributed by atoms with van der Waals surface area (Å²) >= 11 is 0. The van der Waals surface area contributed by atoms with E-state index in [-0.39, 0.29) is 17.9 Å². The van der Waals surface area contributed by atoms with Gasteiger partial charge in [-0.1, -0.05) is 18.2 Å². The van der Waals surface area contributed by atoms with Gasteiger partial charge in [0.1, 0.15) is 5.75 Å². The number of ether oxygens (including phenoxy) is 2. The molecular formula is C13H16F3NO2. The predicted molar refractivity (Wildman–Crippen MR) is 63.9 cm³/mol. The quantitative estimate of drug-likeness (QED) is 0.916. The van der Waals surface area contributed by atoms with E-state index in [1.165, 1.54) is 12.1 Å². The average Bonchev–Trinajstić information content (AvgIpc) is 2.84. The summed E-state index contributed by atoms with van der Waals surface area (Å²) in [4.78, 5) is 0. The summed E-state index contributed by atoms with van der Waals surface area (Å²) in [7, 11) is 1.71. The van der Waals surface area contributed by atoms with Crippen LogP contribution in [0.1, 0.15) is 24.4 Å². The first kappa shape index (κ1) is 14.1. The number of para-hydroxylation sites is 1. The molecule has 3 nitrogen and oxygen atoms in total. The van der Waals surface area contributed by atoms with Gasteiger partial charge in [-0.3, -0.25) is 0 Å². The molecule has 2 rings (SSSR count). The highest BCUT2D eigenvalue weighted by atomic mass is 19.4. The molecule has 1 saturated heterocycles. The number of hydrogen-bond acceptors (Lipinski definition) is 3. The van der Waals surface area contributed by atoms with Crippen molar-refractivity contribution in [1.82, 2.24) is 5.32 Å². The maximum atomic E-state index is 12.4. The Hall–Kier alpha value is -1.27. The number of halogens is 3. The summed E-state index contributed by atoms with van der Waals surface area (Å²) in [6.45, 7) is 0.644. The molecule has 0 amide bonds. The van der Waals surface area contributed by atoms with Gasteiger partial charge in [-0.15, -0.1) is 13.2 Å². The zero-order chi connectivity index (χ0) is 13.9. The summed E-state index contributed by atoms with van der Waals surface area (Å²) in [6.07, 6.45) is -3.06. The smallest absolute Gasteiger partial charge is 0.405 e. The molecule has 0 aliphatic carbocycles. The molecule has 0 bridgehead atoms. The predicted octanol–water partition coefficient (Wildman–Crippen LogP) is 3.02. The van der Waals surface area contributed by atoms with Crippen LogP contribution in [0.2, 0.25) is 0 Å². The van der Waals surface area contributed by atoms with Crippen LogP contribution in [0.25, 0.3) is 0 Å². The van der Waals surface area contributed by atoms with Gasteiger partial charge < -0.3 is 14.8 Å². The van der Waals surface area contributed by atoms with Crippen molar-refractivity contribution in [2.45, 2.75) is 31.3 Å². The Morgan fingerprint density at radius 3 is 2.68 bits per heavy atom. The SMILES string of the molecule is CNC(c1ccccc1OC(F)(F)F)C1CCCO1. The number of likely N-dealkylation sites (N-methyl/N-ethyl adjacent to an activating group) is 1. The summed E-state index contributed by atoms with van der Waals surface area (Å²) in [5, 5.41) is 3.01. The molecule has 1 fully saturated rings. The zero-order valence-corrected chi connectivity index (χ0v) is 10.5. The van der Waals surface area contributed by atoms with Crippen LogP contribution >= 0.6 is 0 Å². The molecule has 1 aliphatic rings. The minimum atomic E-state index is -4.69. The van der Waals surface area contributed by atoms with E-state index >= 15 is 0 Å². The van der Waals surface area contributed by atoms with Crippen LogP contribution in [0, 0.1) is 0 Å². The molecule has 2 atom stereocenters. The molecule has 106 valence electrons. The van der Waals surface area contributed by atoms with Gasteiger partial charge in [0, 0.05) is 12.2 Å². The van der Waals surface area contributed by atoms with Gasteiger partial charge in [-0.05, 0) is 26.0 Å². The second kappa shape index (κ2) is 5.79. The summed E-state index contributed by atoms with van der Waals surface area (Å²) in [5.74, 6) is -0.176. The van der Waals surface area contributed by atoms with Gasteiger partial charge >= 0.3 is 6.36 Å². The zero-order valence-electron chi connectivity index (χ0n) is 10.5. The van der Waals surface area contributed by atoms with Crippen molar-refractivity contribution in [3.63, 3.8) is 0 Å². The van der Waals surface area contributed by atoms with Crippen molar-refractivity contribution >= 4 is 0 Å². The van der Waals surface area contributed by atoms with E-state index in [1.54, 1.807) is 19.2 Å². The second-order valence-corrected chi connectivity index (χ2v) is 4.40. The Kier molecular flexibility index (Phi) is 4.31. The Labute approximate surface area is 109 Å². The fourth-order valence-electron chi connectivity index (χ4n) is 2.36. The largest absolute Gasteiger partial charge is 0.573 e. The number of alkyl halides is 3. The van der Waals surface area contributed by atoms with Crippen LogP contribution in [0.15, 0.2) is 24.3 Å². The van der Waals surface area contributed by atoms with Crippen LogP contribution in [0.3, 0.4) is 0 Å². The van der Waals surface area contributed by atoms with E-state index in [9.17, 15) is 13.2 Å². The van der Waals surface area contributed by atoms with E-state index in [1.807, 2.05) is 0 Å². The average molecular weight is 275 g/mol. The lowest BCUT2D eigenvalue weighted by Crippen LogP contribution is -2.30. The maximum Gasteiger partial charge on any atom is 0.573 e. The number of nitrogens with one attached hydrogen (secondary N) is 1. The van der Waals surface area contributed by atoms with Crippen LogP contribution in [-0.2, 0) is 4.74 Å².